The third kappa shape index (κ3) is 4.18. The number of nitrogens with one attached hydrogen (secondary N) is 1. The molecule has 1 rings (SSSR count). The summed E-state index contributed by atoms with van der Waals surface area (Å²) in [4.78, 5) is 0. The maximum absolute atomic E-state index is 5.77. The predicted molar refractivity (Wildman–Crippen MR) is 82.3 cm³/mol. The van der Waals surface area contributed by atoms with E-state index in [1.54, 1.807) is 18.2 Å². The first kappa shape index (κ1) is 14.8. The van der Waals surface area contributed by atoms with Gasteiger partial charge in [-0.3, -0.25) is 0 Å². The Morgan fingerprint density at radius 3 is 2.68 bits per heavy atom. The summed E-state index contributed by atoms with van der Waals surface area (Å²) in [5.74, 6) is 0.583. The van der Waals surface area contributed by atoms with Crippen molar-refractivity contribution in [2.45, 2.75) is 19.6 Å². The molecule has 19 heavy (non-hydrogen) atoms. The Morgan fingerprint density at radius 1 is 1.37 bits per heavy atom. The van der Waals surface area contributed by atoms with E-state index in [-0.39, 0.29) is 6.23 Å². The van der Waals surface area contributed by atoms with Gasteiger partial charge >= 0.3 is 0 Å². The Labute approximate surface area is 115 Å². The van der Waals surface area contributed by atoms with Gasteiger partial charge in [0.1, 0.15) is 5.76 Å². The first-order chi connectivity index (χ1) is 9.12. The number of ether oxygens (including phenoxy) is 1. The zero-order valence-corrected chi connectivity index (χ0v) is 11.5. The van der Waals surface area contributed by atoms with E-state index in [2.05, 4.69) is 44.6 Å². The van der Waals surface area contributed by atoms with Gasteiger partial charge in [0.25, 0.3) is 0 Å². The second-order valence-electron chi connectivity index (χ2n) is 4.10. The number of rotatable bonds is 4. The fourth-order valence-corrected chi connectivity index (χ4v) is 1.69. The van der Waals surface area contributed by atoms with Crippen LogP contribution in [-0.4, -0.2) is 6.23 Å². The van der Waals surface area contributed by atoms with Crippen molar-refractivity contribution in [3.8, 4) is 0 Å². The van der Waals surface area contributed by atoms with Crippen LogP contribution in [0.4, 0.5) is 0 Å². The van der Waals surface area contributed by atoms with Gasteiger partial charge in [-0.2, -0.15) is 0 Å². The van der Waals surface area contributed by atoms with Gasteiger partial charge in [0.2, 0.25) is 0 Å². The minimum absolute atomic E-state index is 0.321. The maximum atomic E-state index is 5.77. The molecule has 0 radical (unpaired) electrons. The van der Waals surface area contributed by atoms with Gasteiger partial charge in [-0.25, -0.2) is 0 Å². The highest BCUT2D eigenvalue weighted by molar-refractivity contribution is 5.42. The van der Waals surface area contributed by atoms with Crippen molar-refractivity contribution in [3.63, 3.8) is 0 Å². The zero-order chi connectivity index (χ0) is 14.3. The van der Waals surface area contributed by atoms with E-state index >= 15 is 0 Å². The van der Waals surface area contributed by atoms with Crippen LogP contribution in [0.3, 0.4) is 0 Å². The molecule has 1 heterocycles. The molecule has 0 amide bonds. The molecule has 0 fully saturated rings. The topological polar surface area (TPSA) is 21.3 Å². The van der Waals surface area contributed by atoms with Crippen molar-refractivity contribution < 1.29 is 4.74 Å². The van der Waals surface area contributed by atoms with E-state index in [1.807, 2.05) is 12.2 Å². The minimum Gasteiger partial charge on any atom is -0.467 e. The number of hydrogen-bond acceptors (Lipinski definition) is 2. The lowest BCUT2D eigenvalue weighted by Gasteiger charge is -2.26. The van der Waals surface area contributed by atoms with Crippen molar-refractivity contribution in [1.82, 2.24) is 5.32 Å². The molecule has 0 bridgehead atoms. The third-order valence-electron chi connectivity index (χ3n) is 2.63. The van der Waals surface area contributed by atoms with Gasteiger partial charge in [0, 0.05) is 11.3 Å². The second kappa shape index (κ2) is 7.27. The number of allylic oxidation sites excluding steroid dienone is 5. The van der Waals surface area contributed by atoms with Crippen LogP contribution in [-0.2, 0) is 4.74 Å². The third-order valence-corrected chi connectivity index (χ3v) is 2.63. The molecule has 0 aromatic heterocycles. The fraction of sp³-hybridized carbons (Fsp3) is 0.176. The van der Waals surface area contributed by atoms with Crippen molar-refractivity contribution in [2.24, 2.45) is 0 Å². The normalized spacial score (nSPS) is 23.9. The summed E-state index contributed by atoms with van der Waals surface area (Å²) in [6.07, 6.45) is 11.7. The summed E-state index contributed by atoms with van der Waals surface area (Å²) in [5, 5.41) is 3.29. The summed E-state index contributed by atoms with van der Waals surface area (Å²) in [6.45, 7) is 17.5. The molecular formula is C17H21NO. The summed E-state index contributed by atoms with van der Waals surface area (Å²) in [6, 6.07) is 0. The smallest absolute Gasteiger partial charge is 0.196 e. The first-order valence-corrected chi connectivity index (χ1v) is 6.27. The van der Waals surface area contributed by atoms with E-state index in [1.165, 1.54) is 0 Å². The SMILES string of the molecule is C=C/C=C1/NC(/C(C=C)=C/CC)OC(=C)/C=C\C1=C. The molecule has 0 aromatic carbocycles. The van der Waals surface area contributed by atoms with E-state index in [0.717, 1.165) is 23.3 Å². The van der Waals surface area contributed by atoms with Crippen LogP contribution in [0.5, 0.6) is 0 Å². The van der Waals surface area contributed by atoms with Crippen LogP contribution in [0.25, 0.3) is 0 Å². The van der Waals surface area contributed by atoms with E-state index in [4.69, 9.17) is 4.74 Å². The summed E-state index contributed by atoms with van der Waals surface area (Å²) < 4.78 is 5.77. The molecule has 0 aromatic rings. The molecular weight excluding hydrogens is 234 g/mol. The van der Waals surface area contributed by atoms with Gasteiger partial charge in [0.05, 0.1) is 0 Å². The lowest BCUT2D eigenvalue weighted by atomic mass is 10.1. The second-order valence-corrected chi connectivity index (χ2v) is 4.10. The standard InChI is InChI=1S/C17H21NO/c1-6-9-15(8-3)17-18-16(10-7-2)13(4)11-12-14(5)19-17/h7-12,17-18H,2-6H2,1H3/b12-11-,15-9+,16-10+. The Kier molecular flexibility index (Phi) is 5.68. The molecule has 100 valence electrons. The molecule has 2 nitrogen and oxygen atoms in total. The van der Waals surface area contributed by atoms with Gasteiger partial charge in [-0.05, 0) is 30.2 Å². The van der Waals surface area contributed by atoms with Gasteiger partial charge in [-0.15, -0.1) is 0 Å². The summed E-state index contributed by atoms with van der Waals surface area (Å²) in [5.41, 5.74) is 2.70. The average Bonchev–Trinajstić information content (AvgIpc) is 2.39. The van der Waals surface area contributed by atoms with Crippen LogP contribution in [0, 0.1) is 0 Å². The monoisotopic (exact) mass is 255 g/mol. The van der Waals surface area contributed by atoms with Gasteiger partial charge in [-0.1, -0.05) is 51.5 Å². The highest BCUT2D eigenvalue weighted by Gasteiger charge is 2.17. The van der Waals surface area contributed by atoms with Crippen LogP contribution >= 0.6 is 0 Å². The van der Waals surface area contributed by atoms with E-state index < -0.39 is 0 Å². The zero-order valence-electron chi connectivity index (χ0n) is 11.5. The molecule has 1 N–H and O–H groups in total. The highest BCUT2D eigenvalue weighted by Crippen LogP contribution is 2.19. The highest BCUT2D eigenvalue weighted by atomic mass is 16.5. The molecule has 0 saturated carbocycles. The van der Waals surface area contributed by atoms with Crippen molar-refractivity contribution >= 4 is 0 Å². The largest absolute Gasteiger partial charge is 0.467 e. The number of hydrogen-bond donors (Lipinski definition) is 1. The molecule has 2 heteroatoms. The van der Waals surface area contributed by atoms with Gasteiger partial charge < -0.3 is 10.1 Å². The average molecular weight is 255 g/mol. The van der Waals surface area contributed by atoms with E-state index in [0.29, 0.717) is 5.76 Å². The van der Waals surface area contributed by atoms with E-state index in [9.17, 15) is 0 Å². The Balaban J connectivity index is 3.13. The van der Waals surface area contributed by atoms with Crippen LogP contribution in [0.2, 0.25) is 0 Å². The molecule has 0 aliphatic carbocycles. The molecule has 1 aliphatic rings. The molecule has 0 saturated heterocycles. The Hall–Kier alpha value is -2.22. The summed E-state index contributed by atoms with van der Waals surface area (Å²) >= 11 is 0. The molecule has 1 aliphatic heterocycles. The molecule has 1 atom stereocenters. The lowest BCUT2D eigenvalue weighted by molar-refractivity contribution is 0.137. The van der Waals surface area contributed by atoms with Gasteiger partial charge in [0.15, 0.2) is 6.23 Å². The fourth-order valence-electron chi connectivity index (χ4n) is 1.69. The summed E-state index contributed by atoms with van der Waals surface area (Å²) in [7, 11) is 0. The van der Waals surface area contributed by atoms with Crippen LogP contribution in [0.15, 0.2) is 85.4 Å². The molecule has 1 unspecified atom stereocenters. The van der Waals surface area contributed by atoms with Crippen molar-refractivity contribution in [3.05, 3.63) is 85.4 Å². The maximum Gasteiger partial charge on any atom is 0.196 e. The Bertz CT molecular complexity index is 477. The van der Waals surface area contributed by atoms with Crippen molar-refractivity contribution in [1.29, 1.82) is 0 Å². The van der Waals surface area contributed by atoms with Crippen molar-refractivity contribution in [2.75, 3.05) is 0 Å². The first-order valence-electron chi connectivity index (χ1n) is 6.27. The minimum atomic E-state index is -0.321. The lowest BCUT2D eigenvalue weighted by Crippen LogP contribution is -2.33. The predicted octanol–water partition coefficient (Wildman–Crippen LogP) is 4.15. The molecule has 0 spiro atoms. The Morgan fingerprint density at radius 2 is 2.11 bits per heavy atom. The van der Waals surface area contributed by atoms with Crippen LogP contribution in [0.1, 0.15) is 13.3 Å². The quantitative estimate of drug-likeness (QED) is 0.762. The van der Waals surface area contributed by atoms with Crippen LogP contribution < -0.4 is 5.32 Å².